The predicted molar refractivity (Wildman–Crippen MR) is 78.1 cm³/mol. The molecule has 2 aromatic rings. The summed E-state index contributed by atoms with van der Waals surface area (Å²) in [6, 6.07) is 0. The Labute approximate surface area is 119 Å². The van der Waals surface area contributed by atoms with Crippen LogP contribution in [0.5, 0.6) is 0 Å². The van der Waals surface area contributed by atoms with Crippen molar-refractivity contribution in [1.82, 2.24) is 14.8 Å². The van der Waals surface area contributed by atoms with E-state index in [1.807, 2.05) is 0 Å². The lowest BCUT2D eigenvalue weighted by atomic mass is 10.4. The average Bonchev–Trinajstić information content (AvgIpc) is 2.96. The number of amides is 1. The molecule has 4 N–H and O–H groups in total. The van der Waals surface area contributed by atoms with Crippen molar-refractivity contribution in [1.29, 1.82) is 0 Å². The number of carbonyl (C=O) groups excluding carboxylic acids is 1. The van der Waals surface area contributed by atoms with Gasteiger partial charge in [-0.05, 0) is 0 Å². The standard InChI is InChI=1S/C11H16N6O2S/c1-17-6-7(5-14-17)15-10(18)8-9(12)16-11(20-8)13-3-4-19-2/h5-6H,3-4,12H2,1-2H3,(H,13,16)(H,15,18). The number of nitrogens with zero attached hydrogens (tertiary/aromatic N) is 3. The zero-order valence-corrected chi connectivity index (χ0v) is 12.0. The zero-order valence-electron chi connectivity index (χ0n) is 11.2. The fraction of sp³-hybridized carbons (Fsp3) is 0.364. The van der Waals surface area contributed by atoms with Crippen molar-refractivity contribution in [3.05, 3.63) is 17.3 Å². The van der Waals surface area contributed by atoms with Gasteiger partial charge >= 0.3 is 0 Å². The van der Waals surface area contributed by atoms with Crippen LogP contribution in [0, 0.1) is 0 Å². The van der Waals surface area contributed by atoms with Crippen molar-refractivity contribution >= 4 is 33.9 Å². The summed E-state index contributed by atoms with van der Waals surface area (Å²) in [5.74, 6) is -0.0934. The number of hydrogen-bond acceptors (Lipinski definition) is 7. The molecule has 9 heteroatoms. The van der Waals surface area contributed by atoms with Gasteiger partial charge in [0, 0.05) is 26.9 Å². The summed E-state index contributed by atoms with van der Waals surface area (Å²) in [5, 5.41) is 10.3. The summed E-state index contributed by atoms with van der Waals surface area (Å²) in [6.07, 6.45) is 3.26. The molecule has 0 saturated carbocycles. The van der Waals surface area contributed by atoms with Gasteiger partial charge in [0.25, 0.3) is 5.91 Å². The van der Waals surface area contributed by atoms with Crippen LogP contribution in [0.2, 0.25) is 0 Å². The van der Waals surface area contributed by atoms with Crippen molar-refractivity contribution in [2.45, 2.75) is 0 Å². The van der Waals surface area contributed by atoms with Gasteiger partial charge in [0.1, 0.15) is 10.7 Å². The van der Waals surface area contributed by atoms with Crippen LogP contribution >= 0.6 is 11.3 Å². The third kappa shape index (κ3) is 3.45. The first-order valence-electron chi connectivity index (χ1n) is 5.89. The molecule has 0 fully saturated rings. The van der Waals surface area contributed by atoms with Crippen LogP contribution in [-0.2, 0) is 11.8 Å². The molecule has 0 aliphatic heterocycles. The van der Waals surface area contributed by atoms with E-state index >= 15 is 0 Å². The maximum atomic E-state index is 12.1. The van der Waals surface area contributed by atoms with E-state index in [1.54, 1.807) is 31.2 Å². The van der Waals surface area contributed by atoms with Crippen molar-refractivity contribution < 1.29 is 9.53 Å². The number of anilines is 3. The van der Waals surface area contributed by atoms with Crippen molar-refractivity contribution in [3.63, 3.8) is 0 Å². The predicted octanol–water partition coefficient (Wildman–Crippen LogP) is 0.769. The Kier molecular flexibility index (Phi) is 4.53. The zero-order chi connectivity index (χ0) is 14.5. The molecule has 1 amide bonds. The summed E-state index contributed by atoms with van der Waals surface area (Å²) in [5.41, 5.74) is 6.36. The molecule has 0 spiro atoms. The fourth-order valence-electron chi connectivity index (χ4n) is 1.50. The molecular weight excluding hydrogens is 280 g/mol. The molecule has 0 aliphatic rings. The first-order valence-corrected chi connectivity index (χ1v) is 6.71. The van der Waals surface area contributed by atoms with E-state index in [4.69, 9.17) is 10.5 Å². The van der Waals surface area contributed by atoms with Crippen LogP contribution in [0.4, 0.5) is 16.6 Å². The van der Waals surface area contributed by atoms with Gasteiger partial charge in [0.05, 0.1) is 18.5 Å². The van der Waals surface area contributed by atoms with E-state index in [2.05, 4.69) is 20.7 Å². The molecule has 0 radical (unpaired) electrons. The van der Waals surface area contributed by atoms with Crippen LogP contribution in [0.3, 0.4) is 0 Å². The number of nitrogens with two attached hydrogens (primary N) is 1. The third-order valence-corrected chi connectivity index (χ3v) is 3.43. The molecule has 0 saturated heterocycles. The van der Waals surface area contributed by atoms with Gasteiger partial charge in [-0.15, -0.1) is 0 Å². The summed E-state index contributed by atoms with van der Waals surface area (Å²) >= 11 is 1.20. The Morgan fingerprint density at radius 1 is 1.60 bits per heavy atom. The Balaban J connectivity index is 2.02. The topological polar surface area (TPSA) is 107 Å². The first-order chi connectivity index (χ1) is 9.60. The van der Waals surface area contributed by atoms with E-state index in [9.17, 15) is 4.79 Å². The van der Waals surface area contributed by atoms with E-state index in [1.165, 1.54) is 11.3 Å². The van der Waals surface area contributed by atoms with Gasteiger partial charge in [-0.2, -0.15) is 5.10 Å². The Bertz CT molecular complexity index is 594. The largest absolute Gasteiger partial charge is 0.383 e. The number of thiazole rings is 1. The molecule has 0 bridgehead atoms. The van der Waals surface area contributed by atoms with Gasteiger partial charge < -0.3 is 21.1 Å². The summed E-state index contributed by atoms with van der Waals surface area (Å²) in [4.78, 5) is 16.5. The van der Waals surface area contributed by atoms with Crippen molar-refractivity contribution in [3.8, 4) is 0 Å². The van der Waals surface area contributed by atoms with Gasteiger partial charge in [0.15, 0.2) is 5.13 Å². The number of hydrogen-bond donors (Lipinski definition) is 3. The number of nitrogen functional groups attached to an aromatic ring is 1. The molecule has 8 nitrogen and oxygen atoms in total. The molecular formula is C11H16N6O2S. The molecule has 2 heterocycles. The first kappa shape index (κ1) is 14.3. The van der Waals surface area contributed by atoms with Crippen molar-refractivity contribution in [2.75, 3.05) is 36.6 Å². The number of methoxy groups -OCH3 is 1. The molecule has 108 valence electrons. The highest BCUT2D eigenvalue weighted by Crippen LogP contribution is 2.25. The second-order valence-electron chi connectivity index (χ2n) is 4.01. The fourth-order valence-corrected chi connectivity index (χ4v) is 2.31. The molecule has 20 heavy (non-hydrogen) atoms. The minimum Gasteiger partial charge on any atom is -0.383 e. The SMILES string of the molecule is COCCNc1nc(N)c(C(=O)Nc2cnn(C)c2)s1. The van der Waals surface area contributed by atoms with Gasteiger partial charge in [-0.1, -0.05) is 11.3 Å². The molecule has 0 aromatic carbocycles. The van der Waals surface area contributed by atoms with Gasteiger partial charge in [-0.3, -0.25) is 9.48 Å². The van der Waals surface area contributed by atoms with E-state index in [0.29, 0.717) is 28.8 Å². The quantitative estimate of drug-likeness (QED) is 0.680. The van der Waals surface area contributed by atoms with E-state index in [0.717, 1.165) is 0 Å². The monoisotopic (exact) mass is 296 g/mol. The van der Waals surface area contributed by atoms with Gasteiger partial charge in [-0.25, -0.2) is 4.98 Å². The van der Waals surface area contributed by atoms with Gasteiger partial charge in [0.2, 0.25) is 0 Å². The summed E-state index contributed by atoms with van der Waals surface area (Å²) in [6.45, 7) is 1.16. The highest BCUT2D eigenvalue weighted by atomic mass is 32.1. The third-order valence-electron chi connectivity index (χ3n) is 2.40. The molecule has 0 unspecified atom stereocenters. The maximum absolute atomic E-state index is 12.1. The minimum atomic E-state index is -0.298. The lowest BCUT2D eigenvalue weighted by Crippen LogP contribution is -2.11. The highest BCUT2D eigenvalue weighted by molar-refractivity contribution is 7.18. The molecule has 2 aromatic heterocycles. The highest BCUT2D eigenvalue weighted by Gasteiger charge is 2.16. The second kappa shape index (κ2) is 6.35. The Morgan fingerprint density at radius 2 is 2.40 bits per heavy atom. The maximum Gasteiger partial charge on any atom is 0.269 e. The number of rotatable bonds is 6. The van der Waals surface area contributed by atoms with Crippen LogP contribution in [-0.4, -0.2) is 40.9 Å². The minimum absolute atomic E-state index is 0.205. The molecule has 0 atom stereocenters. The second-order valence-corrected chi connectivity index (χ2v) is 5.01. The number of aromatic nitrogens is 3. The average molecular weight is 296 g/mol. The molecule has 0 aliphatic carbocycles. The summed E-state index contributed by atoms with van der Waals surface area (Å²) in [7, 11) is 3.39. The normalized spacial score (nSPS) is 10.5. The van der Waals surface area contributed by atoms with E-state index in [-0.39, 0.29) is 11.7 Å². The Hall–Kier alpha value is -2.13. The van der Waals surface area contributed by atoms with Crippen LogP contribution < -0.4 is 16.4 Å². The van der Waals surface area contributed by atoms with Crippen LogP contribution in [0.1, 0.15) is 9.67 Å². The smallest absolute Gasteiger partial charge is 0.269 e. The lowest BCUT2D eigenvalue weighted by Gasteiger charge is -2.00. The number of carbonyl (C=O) groups is 1. The number of aryl methyl sites for hydroxylation is 1. The van der Waals surface area contributed by atoms with Crippen LogP contribution in [0.25, 0.3) is 0 Å². The lowest BCUT2D eigenvalue weighted by molar-refractivity contribution is 0.103. The van der Waals surface area contributed by atoms with Crippen molar-refractivity contribution in [2.24, 2.45) is 7.05 Å². The van der Waals surface area contributed by atoms with E-state index < -0.39 is 0 Å². The summed E-state index contributed by atoms with van der Waals surface area (Å²) < 4.78 is 6.52. The molecule has 2 rings (SSSR count). The number of ether oxygens (including phenoxy) is 1. The number of nitrogens with one attached hydrogen (secondary N) is 2. The van der Waals surface area contributed by atoms with Crippen LogP contribution in [0.15, 0.2) is 12.4 Å². The Morgan fingerprint density at radius 3 is 3.05 bits per heavy atom.